The summed E-state index contributed by atoms with van der Waals surface area (Å²) in [7, 11) is -3.76. The molecule has 1 unspecified atom stereocenters. The zero-order valence-electron chi connectivity index (χ0n) is 14.1. The first-order chi connectivity index (χ1) is 12.5. The fourth-order valence-electron chi connectivity index (χ4n) is 2.56. The lowest BCUT2D eigenvalue weighted by molar-refractivity contribution is 0.0945. The molecule has 0 saturated carbocycles. The molecular formula is C17H20N4O4S. The van der Waals surface area contributed by atoms with Gasteiger partial charge in [-0.1, -0.05) is 6.07 Å². The van der Waals surface area contributed by atoms with Gasteiger partial charge in [0.15, 0.2) is 0 Å². The number of aromatic nitrogens is 2. The van der Waals surface area contributed by atoms with Gasteiger partial charge in [0.25, 0.3) is 5.91 Å². The average molecular weight is 376 g/mol. The van der Waals surface area contributed by atoms with E-state index >= 15 is 0 Å². The third kappa shape index (κ3) is 4.84. The number of amides is 1. The average Bonchev–Trinajstić information content (AvgIpc) is 3.19. The zero-order valence-corrected chi connectivity index (χ0v) is 14.9. The second kappa shape index (κ2) is 8.35. The molecule has 1 aliphatic rings. The Balaban J connectivity index is 1.64. The minimum Gasteiger partial charge on any atom is -0.381 e. The molecule has 9 heteroatoms. The molecule has 2 heterocycles. The zero-order chi connectivity index (χ0) is 18.4. The Bertz CT molecular complexity index is 852. The van der Waals surface area contributed by atoms with Crippen molar-refractivity contribution < 1.29 is 17.9 Å². The van der Waals surface area contributed by atoms with Crippen LogP contribution in [0.25, 0.3) is 0 Å². The lowest BCUT2D eigenvalue weighted by Gasteiger charge is -2.11. The summed E-state index contributed by atoms with van der Waals surface area (Å²) in [6.07, 6.45) is 3.81. The molecule has 2 N–H and O–H groups in total. The number of ether oxygens (including phenoxy) is 1. The number of carbonyl (C=O) groups is 1. The van der Waals surface area contributed by atoms with Crippen LogP contribution in [0.4, 0.5) is 0 Å². The van der Waals surface area contributed by atoms with Crippen molar-refractivity contribution in [2.45, 2.75) is 17.9 Å². The van der Waals surface area contributed by atoms with Crippen molar-refractivity contribution in [3.8, 4) is 0 Å². The molecule has 2 aromatic rings. The molecule has 1 aliphatic heterocycles. The number of benzene rings is 1. The molecule has 138 valence electrons. The standard InChI is InChI=1S/C17H20N4O4S/c22-17(19-9-13-5-7-25-11-13)14-2-1-3-16(8-14)26(23,24)21-10-15-4-6-18-12-20-15/h1-4,6,8,12-13,21H,5,7,9-11H2,(H,19,22). The lowest BCUT2D eigenvalue weighted by Crippen LogP contribution is -2.30. The highest BCUT2D eigenvalue weighted by atomic mass is 32.2. The number of nitrogens with one attached hydrogen (secondary N) is 2. The van der Waals surface area contributed by atoms with E-state index < -0.39 is 10.0 Å². The van der Waals surface area contributed by atoms with Crippen LogP contribution >= 0.6 is 0 Å². The predicted molar refractivity (Wildman–Crippen MR) is 93.8 cm³/mol. The highest BCUT2D eigenvalue weighted by Crippen LogP contribution is 2.14. The highest BCUT2D eigenvalue weighted by molar-refractivity contribution is 7.89. The van der Waals surface area contributed by atoms with Crippen LogP contribution in [0.5, 0.6) is 0 Å². The van der Waals surface area contributed by atoms with Gasteiger partial charge in [-0.2, -0.15) is 0 Å². The summed E-state index contributed by atoms with van der Waals surface area (Å²) in [5, 5.41) is 2.83. The molecule has 1 atom stereocenters. The third-order valence-corrected chi connectivity index (χ3v) is 5.47. The molecule has 1 fully saturated rings. The van der Waals surface area contributed by atoms with Crippen molar-refractivity contribution in [1.29, 1.82) is 0 Å². The van der Waals surface area contributed by atoms with Crippen molar-refractivity contribution in [3.63, 3.8) is 0 Å². The molecule has 0 bridgehead atoms. The maximum absolute atomic E-state index is 12.4. The number of nitrogens with zero attached hydrogens (tertiary/aromatic N) is 2. The molecule has 8 nitrogen and oxygen atoms in total. The number of hydrogen-bond donors (Lipinski definition) is 2. The van der Waals surface area contributed by atoms with E-state index in [1.165, 1.54) is 24.7 Å². The van der Waals surface area contributed by atoms with Gasteiger partial charge in [0.2, 0.25) is 10.0 Å². The lowest BCUT2D eigenvalue weighted by atomic mass is 10.1. The Labute approximate surface area is 152 Å². The minimum atomic E-state index is -3.76. The van der Waals surface area contributed by atoms with Crippen molar-refractivity contribution in [2.75, 3.05) is 19.8 Å². The molecule has 0 spiro atoms. The van der Waals surface area contributed by atoms with Crippen LogP contribution in [-0.4, -0.2) is 44.1 Å². The van der Waals surface area contributed by atoms with Crippen LogP contribution in [-0.2, 0) is 21.3 Å². The van der Waals surface area contributed by atoms with E-state index in [2.05, 4.69) is 20.0 Å². The van der Waals surface area contributed by atoms with Gasteiger partial charge in [0.1, 0.15) is 6.33 Å². The molecule has 1 aromatic heterocycles. The molecule has 0 aliphatic carbocycles. The number of carbonyl (C=O) groups excluding carboxylic acids is 1. The molecular weight excluding hydrogens is 356 g/mol. The van der Waals surface area contributed by atoms with Crippen LogP contribution in [0.2, 0.25) is 0 Å². The van der Waals surface area contributed by atoms with Crippen molar-refractivity contribution in [1.82, 2.24) is 20.0 Å². The minimum absolute atomic E-state index is 0.0309. The number of sulfonamides is 1. The predicted octanol–water partition coefficient (Wildman–Crippen LogP) is 0.721. The first-order valence-corrected chi connectivity index (χ1v) is 9.73. The Hall–Kier alpha value is -2.36. The molecule has 3 rings (SSSR count). The molecule has 1 saturated heterocycles. The first-order valence-electron chi connectivity index (χ1n) is 8.25. The van der Waals surface area contributed by atoms with E-state index in [1.807, 2.05) is 0 Å². The van der Waals surface area contributed by atoms with E-state index in [9.17, 15) is 13.2 Å². The van der Waals surface area contributed by atoms with Crippen molar-refractivity contribution >= 4 is 15.9 Å². The largest absolute Gasteiger partial charge is 0.381 e. The van der Waals surface area contributed by atoms with Gasteiger partial charge in [0, 0.05) is 30.8 Å². The van der Waals surface area contributed by atoms with E-state index in [1.54, 1.807) is 18.2 Å². The van der Waals surface area contributed by atoms with Gasteiger partial charge in [-0.05, 0) is 30.7 Å². The monoisotopic (exact) mass is 376 g/mol. The second-order valence-corrected chi connectivity index (χ2v) is 7.76. The molecule has 26 heavy (non-hydrogen) atoms. The fraction of sp³-hybridized carbons (Fsp3) is 0.353. The summed E-state index contributed by atoms with van der Waals surface area (Å²) >= 11 is 0. The number of rotatable bonds is 7. The van der Waals surface area contributed by atoms with Crippen LogP contribution < -0.4 is 10.0 Å². The topological polar surface area (TPSA) is 110 Å². The highest BCUT2D eigenvalue weighted by Gasteiger charge is 2.19. The summed E-state index contributed by atoms with van der Waals surface area (Å²) in [5.41, 5.74) is 0.852. The van der Waals surface area contributed by atoms with Gasteiger partial charge in [-0.15, -0.1) is 0 Å². The van der Waals surface area contributed by atoms with Crippen LogP contribution in [0.15, 0.2) is 47.8 Å². The molecule has 0 radical (unpaired) electrons. The van der Waals surface area contributed by atoms with Gasteiger partial charge in [0.05, 0.1) is 23.7 Å². The third-order valence-electron chi connectivity index (χ3n) is 4.07. The molecule has 1 amide bonds. The SMILES string of the molecule is O=C(NCC1CCOC1)c1cccc(S(=O)(=O)NCc2ccncn2)c1. The van der Waals surface area contributed by atoms with Crippen LogP contribution in [0, 0.1) is 5.92 Å². The van der Waals surface area contributed by atoms with Crippen molar-refractivity contribution in [2.24, 2.45) is 5.92 Å². The van der Waals surface area contributed by atoms with E-state index in [4.69, 9.17) is 4.74 Å². The number of hydrogen-bond acceptors (Lipinski definition) is 6. The van der Waals surface area contributed by atoms with Gasteiger partial charge >= 0.3 is 0 Å². The summed E-state index contributed by atoms with van der Waals surface area (Å²) < 4.78 is 32.6. The Morgan fingerprint density at radius 1 is 1.31 bits per heavy atom. The first kappa shape index (κ1) is 18.4. The summed E-state index contributed by atoms with van der Waals surface area (Å²) in [6, 6.07) is 7.57. The second-order valence-electron chi connectivity index (χ2n) is 5.99. The molecule has 1 aromatic carbocycles. The van der Waals surface area contributed by atoms with Crippen LogP contribution in [0.1, 0.15) is 22.5 Å². The Kier molecular flexibility index (Phi) is 5.92. The summed E-state index contributed by atoms with van der Waals surface area (Å²) in [5.74, 6) is 0.00476. The van der Waals surface area contributed by atoms with E-state index in [-0.39, 0.29) is 17.3 Å². The Morgan fingerprint density at radius 3 is 2.92 bits per heavy atom. The fourth-order valence-corrected chi connectivity index (χ4v) is 3.61. The van der Waals surface area contributed by atoms with Crippen molar-refractivity contribution in [3.05, 3.63) is 54.1 Å². The summed E-state index contributed by atoms with van der Waals surface area (Å²) in [6.45, 7) is 1.92. The van der Waals surface area contributed by atoms with Gasteiger partial charge in [-0.3, -0.25) is 4.79 Å². The maximum Gasteiger partial charge on any atom is 0.251 e. The van der Waals surface area contributed by atoms with Gasteiger partial charge < -0.3 is 10.1 Å². The van der Waals surface area contributed by atoms with Crippen LogP contribution in [0.3, 0.4) is 0 Å². The van der Waals surface area contributed by atoms with E-state index in [0.29, 0.717) is 36.9 Å². The smallest absolute Gasteiger partial charge is 0.251 e. The summed E-state index contributed by atoms with van der Waals surface area (Å²) in [4.78, 5) is 20.1. The Morgan fingerprint density at radius 2 is 2.19 bits per heavy atom. The maximum atomic E-state index is 12.4. The quantitative estimate of drug-likeness (QED) is 0.737. The van der Waals surface area contributed by atoms with Gasteiger partial charge in [-0.25, -0.2) is 23.1 Å². The normalized spacial score (nSPS) is 17.2. The van der Waals surface area contributed by atoms with E-state index in [0.717, 1.165) is 6.42 Å².